The van der Waals surface area contributed by atoms with Crippen molar-refractivity contribution in [3.63, 3.8) is 0 Å². The molecule has 2 rings (SSSR count). The predicted molar refractivity (Wildman–Crippen MR) is 84.6 cm³/mol. The molecule has 0 heterocycles. The SMILES string of the molecule is CCCCO[Si](C)(c1ccccc1)c1ccccc1. The summed E-state index contributed by atoms with van der Waals surface area (Å²) in [6.45, 7) is 5.35. The van der Waals surface area contributed by atoms with Crippen molar-refractivity contribution in [2.45, 2.75) is 26.3 Å². The minimum Gasteiger partial charge on any atom is -0.408 e. The Hall–Kier alpha value is -1.38. The molecule has 0 saturated heterocycles. The molecule has 2 aromatic rings. The van der Waals surface area contributed by atoms with Gasteiger partial charge in [-0.25, -0.2) is 0 Å². The molecule has 0 aliphatic rings. The third-order valence-corrected chi connectivity index (χ3v) is 7.19. The molecule has 0 atom stereocenters. The summed E-state index contributed by atoms with van der Waals surface area (Å²) in [5.41, 5.74) is 0. The average Bonchev–Trinajstić information content (AvgIpc) is 2.49. The van der Waals surface area contributed by atoms with Gasteiger partial charge in [-0.1, -0.05) is 74.0 Å². The van der Waals surface area contributed by atoms with Crippen LogP contribution in [0.2, 0.25) is 6.55 Å². The summed E-state index contributed by atoms with van der Waals surface area (Å²) in [7, 11) is -2.04. The first-order valence-electron chi connectivity index (χ1n) is 7.02. The summed E-state index contributed by atoms with van der Waals surface area (Å²) >= 11 is 0. The summed E-state index contributed by atoms with van der Waals surface area (Å²) < 4.78 is 6.38. The van der Waals surface area contributed by atoms with Gasteiger partial charge in [0.25, 0.3) is 8.32 Å². The minimum atomic E-state index is -2.04. The van der Waals surface area contributed by atoms with E-state index >= 15 is 0 Å². The highest BCUT2D eigenvalue weighted by Gasteiger charge is 2.33. The van der Waals surface area contributed by atoms with Crippen LogP contribution in [0.5, 0.6) is 0 Å². The van der Waals surface area contributed by atoms with Gasteiger partial charge in [-0.3, -0.25) is 0 Å². The van der Waals surface area contributed by atoms with E-state index in [0.29, 0.717) is 0 Å². The largest absolute Gasteiger partial charge is 0.408 e. The first kappa shape index (κ1) is 14.0. The molecular weight excluding hydrogens is 248 g/mol. The highest BCUT2D eigenvalue weighted by atomic mass is 28.4. The second-order valence-electron chi connectivity index (χ2n) is 4.97. The minimum absolute atomic E-state index is 0.850. The maximum absolute atomic E-state index is 6.38. The molecule has 19 heavy (non-hydrogen) atoms. The molecule has 2 aromatic carbocycles. The van der Waals surface area contributed by atoms with Gasteiger partial charge in [0.1, 0.15) is 0 Å². The Morgan fingerprint density at radius 1 is 0.842 bits per heavy atom. The topological polar surface area (TPSA) is 9.23 Å². The van der Waals surface area contributed by atoms with Crippen molar-refractivity contribution in [1.82, 2.24) is 0 Å². The normalized spacial score (nSPS) is 11.5. The van der Waals surface area contributed by atoms with E-state index in [0.717, 1.165) is 13.0 Å². The Morgan fingerprint density at radius 2 is 1.32 bits per heavy atom. The van der Waals surface area contributed by atoms with Gasteiger partial charge < -0.3 is 4.43 Å². The average molecular weight is 270 g/mol. The van der Waals surface area contributed by atoms with Crippen molar-refractivity contribution in [3.8, 4) is 0 Å². The molecule has 0 bridgehead atoms. The lowest BCUT2D eigenvalue weighted by Gasteiger charge is -2.28. The van der Waals surface area contributed by atoms with E-state index in [-0.39, 0.29) is 0 Å². The molecule has 0 N–H and O–H groups in total. The van der Waals surface area contributed by atoms with Crippen LogP contribution in [0, 0.1) is 0 Å². The monoisotopic (exact) mass is 270 g/mol. The van der Waals surface area contributed by atoms with Crippen molar-refractivity contribution in [3.05, 3.63) is 60.7 Å². The molecule has 0 unspecified atom stereocenters. The van der Waals surface area contributed by atoms with Crippen LogP contribution in [0.25, 0.3) is 0 Å². The van der Waals surface area contributed by atoms with Gasteiger partial charge in [0, 0.05) is 6.61 Å². The van der Waals surface area contributed by atoms with Crippen molar-refractivity contribution in [1.29, 1.82) is 0 Å². The molecule has 0 aromatic heterocycles. The van der Waals surface area contributed by atoms with Crippen LogP contribution in [0.4, 0.5) is 0 Å². The van der Waals surface area contributed by atoms with Crippen LogP contribution in [0.3, 0.4) is 0 Å². The summed E-state index contributed by atoms with van der Waals surface area (Å²) in [5.74, 6) is 0. The molecule has 100 valence electrons. The first-order valence-corrected chi connectivity index (χ1v) is 9.43. The summed E-state index contributed by atoms with van der Waals surface area (Å²) in [6.07, 6.45) is 2.30. The fraction of sp³-hybridized carbons (Fsp3) is 0.294. The van der Waals surface area contributed by atoms with Crippen LogP contribution >= 0.6 is 0 Å². The van der Waals surface area contributed by atoms with E-state index in [1.54, 1.807) is 0 Å². The summed E-state index contributed by atoms with van der Waals surface area (Å²) in [4.78, 5) is 0. The number of unbranched alkanes of at least 4 members (excludes halogenated alkanes) is 1. The van der Waals surface area contributed by atoms with Gasteiger partial charge in [0.05, 0.1) is 0 Å². The van der Waals surface area contributed by atoms with E-state index in [1.807, 2.05) is 0 Å². The van der Waals surface area contributed by atoms with E-state index in [1.165, 1.54) is 16.8 Å². The quantitative estimate of drug-likeness (QED) is 0.578. The van der Waals surface area contributed by atoms with Crippen LogP contribution < -0.4 is 10.4 Å². The fourth-order valence-electron chi connectivity index (χ4n) is 2.27. The summed E-state index contributed by atoms with van der Waals surface area (Å²) in [5, 5.41) is 2.69. The zero-order chi connectivity index (χ0) is 13.6. The lowest BCUT2D eigenvalue weighted by Crippen LogP contribution is -2.58. The Bertz CT molecular complexity index is 442. The van der Waals surface area contributed by atoms with Gasteiger partial charge in [0.15, 0.2) is 0 Å². The Labute approximate surface area is 117 Å². The van der Waals surface area contributed by atoms with Crippen LogP contribution in [-0.2, 0) is 4.43 Å². The molecule has 0 aliphatic heterocycles. The molecule has 0 saturated carbocycles. The number of hydrogen-bond acceptors (Lipinski definition) is 1. The standard InChI is InChI=1S/C17H22OSi/c1-3-4-15-18-19(2,16-11-7-5-8-12-16)17-13-9-6-10-14-17/h5-14H,3-4,15H2,1-2H3. The first-order chi connectivity index (χ1) is 9.27. The van der Waals surface area contributed by atoms with Gasteiger partial charge in [0.2, 0.25) is 0 Å². The lowest BCUT2D eigenvalue weighted by atomic mass is 10.4. The van der Waals surface area contributed by atoms with Crippen molar-refractivity contribution in [2.75, 3.05) is 6.61 Å². The van der Waals surface area contributed by atoms with Crippen molar-refractivity contribution < 1.29 is 4.43 Å². The molecule has 2 heteroatoms. The van der Waals surface area contributed by atoms with E-state index in [4.69, 9.17) is 4.43 Å². The van der Waals surface area contributed by atoms with E-state index in [2.05, 4.69) is 74.1 Å². The van der Waals surface area contributed by atoms with Crippen LogP contribution in [0.1, 0.15) is 19.8 Å². The number of hydrogen-bond donors (Lipinski definition) is 0. The second kappa shape index (κ2) is 6.69. The number of rotatable bonds is 6. The smallest absolute Gasteiger partial charge is 0.252 e. The Kier molecular flexibility index (Phi) is 4.94. The van der Waals surface area contributed by atoms with Crippen molar-refractivity contribution in [2.24, 2.45) is 0 Å². The zero-order valence-corrected chi connectivity index (χ0v) is 12.8. The van der Waals surface area contributed by atoms with Crippen molar-refractivity contribution >= 4 is 18.7 Å². The maximum atomic E-state index is 6.38. The fourth-order valence-corrected chi connectivity index (χ4v) is 5.14. The van der Waals surface area contributed by atoms with Gasteiger partial charge in [-0.05, 0) is 23.3 Å². The van der Waals surface area contributed by atoms with Crippen LogP contribution in [0.15, 0.2) is 60.7 Å². The molecule has 0 aliphatic carbocycles. The molecule has 0 amide bonds. The highest BCUT2D eigenvalue weighted by molar-refractivity contribution is 6.96. The maximum Gasteiger partial charge on any atom is 0.252 e. The highest BCUT2D eigenvalue weighted by Crippen LogP contribution is 2.08. The third-order valence-electron chi connectivity index (χ3n) is 3.54. The number of benzene rings is 2. The molecule has 0 spiro atoms. The molecule has 0 radical (unpaired) electrons. The molecule has 0 fully saturated rings. The lowest BCUT2D eigenvalue weighted by molar-refractivity contribution is 0.311. The van der Waals surface area contributed by atoms with Gasteiger partial charge in [-0.2, -0.15) is 0 Å². The van der Waals surface area contributed by atoms with Gasteiger partial charge in [-0.15, -0.1) is 0 Å². The second-order valence-corrected chi connectivity index (χ2v) is 8.48. The van der Waals surface area contributed by atoms with E-state index in [9.17, 15) is 0 Å². The molecule has 1 nitrogen and oxygen atoms in total. The van der Waals surface area contributed by atoms with Gasteiger partial charge >= 0.3 is 0 Å². The third kappa shape index (κ3) is 3.34. The molecular formula is C17H22OSi. The summed E-state index contributed by atoms with van der Waals surface area (Å²) in [6, 6.07) is 21.3. The predicted octanol–water partition coefficient (Wildman–Crippen LogP) is 3.19. The zero-order valence-electron chi connectivity index (χ0n) is 11.8. The Morgan fingerprint density at radius 3 is 1.74 bits per heavy atom. The van der Waals surface area contributed by atoms with E-state index < -0.39 is 8.32 Å². The Balaban J connectivity index is 2.33. The van der Waals surface area contributed by atoms with Crippen LogP contribution in [-0.4, -0.2) is 14.9 Å².